The number of methoxy groups -OCH3 is 1. The zero-order chi connectivity index (χ0) is 13.2. The van der Waals surface area contributed by atoms with Crippen molar-refractivity contribution >= 4 is 12.1 Å². The number of hydrogen-bond donors (Lipinski definition) is 0. The number of hydrogen-bond acceptors (Lipinski definition) is 4. The molecule has 96 valence electrons. The van der Waals surface area contributed by atoms with Crippen molar-refractivity contribution < 1.29 is 19.1 Å². The molecule has 5 heteroatoms. The van der Waals surface area contributed by atoms with E-state index in [1.54, 1.807) is 4.90 Å². The Balaban J connectivity index is 2.55. The molecule has 1 aliphatic heterocycles. The van der Waals surface area contributed by atoms with Gasteiger partial charge < -0.3 is 9.47 Å². The number of nitrogens with zero attached hydrogens (tertiary/aromatic N) is 1. The third-order valence-corrected chi connectivity index (χ3v) is 2.49. The van der Waals surface area contributed by atoms with Crippen LogP contribution in [0.4, 0.5) is 4.79 Å². The van der Waals surface area contributed by atoms with Crippen LogP contribution in [-0.2, 0) is 14.3 Å². The van der Waals surface area contributed by atoms with E-state index in [0.717, 1.165) is 5.57 Å². The molecule has 1 heterocycles. The molecular formula is C12H19NO4. The highest BCUT2D eigenvalue weighted by atomic mass is 16.6. The van der Waals surface area contributed by atoms with Crippen molar-refractivity contribution in [3.63, 3.8) is 0 Å². The fourth-order valence-corrected chi connectivity index (χ4v) is 1.47. The van der Waals surface area contributed by atoms with Crippen molar-refractivity contribution in [1.29, 1.82) is 0 Å². The van der Waals surface area contributed by atoms with Gasteiger partial charge in [0.05, 0.1) is 13.2 Å². The van der Waals surface area contributed by atoms with E-state index in [1.807, 2.05) is 27.7 Å². The molecule has 1 fully saturated rings. The van der Waals surface area contributed by atoms with Crippen LogP contribution >= 0.6 is 0 Å². The van der Waals surface area contributed by atoms with Crippen LogP contribution in [0.1, 0.15) is 27.7 Å². The monoisotopic (exact) mass is 241 g/mol. The predicted octanol–water partition coefficient (Wildman–Crippen LogP) is 1.72. The van der Waals surface area contributed by atoms with Crippen molar-refractivity contribution in [2.75, 3.05) is 13.7 Å². The number of ether oxygens (including phenoxy) is 2. The van der Waals surface area contributed by atoms with Gasteiger partial charge in [0.1, 0.15) is 5.60 Å². The van der Waals surface area contributed by atoms with E-state index in [2.05, 4.69) is 4.74 Å². The minimum Gasteiger partial charge on any atom is -0.466 e. The van der Waals surface area contributed by atoms with Crippen molar-refractivity contribution in [2.45, 2.75) is 39.3 Å². The maximum atomic E-state index is 11.7. The lowest BCUT2D eigenvalue weighted by molar-refractivity contribution is -0.135. The molecule has 0 saturated carbocycles. The molecule has 0 bridgehead atoms. The minimum absolute atomic E-state index is 0.107. The summed E-state index contributed by atoms with van der Waals surface area (Å²) in [6, 6.07) is -0.107. The summed E-state index contributed by atoms with van der Waals surface area (Å²) >= 11 is 0. The summed E-state index contributed by atoms with van der Waals surface area (Å²) < 4.78 is 9.77. The molecule has 1 amide bonds. The van der Waals surface area contributed by atoms with Crippen LogP contribution in [0.3, 0.4) is 0 Å². The lowest BCUT2D eigenvalue weighted by Gasteiger charge is -2.41. The molecule has 1 saturated heterocycles. The van der Waals surface area contributed by atoms with Gasteiger partial charge in [0, 0.05) is 12.6 Å². The number of likely N-dealkylation sites (tertiary alicyclic amines) is 1. The Hall–Kier alpha value is -1.52. The first-order valence-electron chi connectivity index (χ1n) is 5.52. The average Bonchev–Trinajstić information content (AvgIpc) is 2.19. The van der Waals surface area contributed by atoms with Gasteiger partial charge in [-0.25, -0.2) is 9.59 Å². The Morgan fingerprint density at radius 2 is 2.00 bits per heavy atom. The molecule has 1 unspecified atom stereocenters. The van der Waals surface area contributed by atoms with Gasteiger partial charge in [-0.15, -0.1) is 0 Å². The van der Waals surface area contributed by atoms with E-state index in [-0.39, 0.29) is 12.1 Å². The molecule has 17 heavy (non-hydrogen) atoms. The number of amides is 1. The van der Waals surface area contributed by atoms with E-state index < -0.39 is 11.6 Å². The van der Waals surface area contributed by atoms with Crippen molar-refractivity contribution in [3.05, 3.63) is 11.6 Å². The topological polar surface area (TPSA) is 55.8 Å². The molecule has 0 aliphatic carbocycles. The summed E-state index contributed by atoms with van der Waals surface area (Å²) in [5.74, 6) is -0.393. The minimum atomic E-state index is -0.501. The van der Waals surface area contributed by atoms with E-state index in [9.17, 15) is 9.59 Å². The van der Waals surface area contributed by atoms with Crippen LogP contribution in [0.2, 0.25) is 0 Å². The number of esters is 1. The molecule has 1 rings (SSSR count). The maximum absolute atomic E-state index is 11.7. The Morgan fingerprint density at radius 1 is 1.41 bits per heavy atom. The summed E-state index contributed by atoms with van der Waals surface area (Å²) in [5, 5.41) is 0. The molecule has 0 aromatic heterocycles. The summed E-state index contributed by atoms with van der Waals surface area (Å²) in [7, 11) is 1.33. The van der Waals surface area contributed by atoms with Crippen LogP contribution in [-0.4, -0.2) is 42.3 Å². The molecule has 0 N–H and O–H groups in total. The molecule has 1 atom stereocenters. The zero-order valence-corrected chi connectivity index (χ0v) is 10.9. The second-order valence-corrected chi connectivity index (χ2v) is 5.03. The van der Waals surface area contributed by atoms with Crippen molar-refractivity contribution in [1.82, 2.24) is 4.90 Å². The first-order chi connectivity index (χ1) is 7.74. The van der Waals surface area contributed by atoms with Crippen LogP contribution < -0.4 is 0 Å². The van der Waals surface area contributed by atoms with Crippen molar-refractivity contribution in [2.24, 2.45) is 0 Å². The van der Waals surface area contributed by atoms with Gasteiger partial charge in [-0.1, -0.05) is 0 Å². The zero-order valence-electron chi connectivity index (χ0n) is 10.9. The Bertz CT molecular complexity index is 354. The Labute approximate surface area is 101 Å². The van der Waals surface area contributed by atoms with Crippen LogP contribution in [0, 0.1) is 0 Å². The van der Waals surface area contributed by atoms with Crippen LogP contribution in [0.15, 0.2) is 11.6 Å². The van der Waals surface area contributed by atoms with E-state index in [1.165, 1.54) is 13.2 Å². The number of carbonyl (C=O) groups is 2. The van der Waals surface area contributed by atoms with Gasteiger partial charge >= 0.3 is 12.1 Å². The van der Waals surface area contributed by atoms with E-state index in [0.29, 0.717) is 6.54 Å². The molecule has 5 nitrogen and oxygen atoms in total. The summed E-state index contributed by atoms with van der Waals surface area (Å²) in [6.45, 7) is 7.73. The lowest BCUT2D eigenvalue weighted by Crippen LogP contribution is -2.53. The normalized spacial score (nSPS) is 22.1. The molecule has 0 aromatic rings. The molecule has 0 spiro atoms. The highest BCUT2D eigenvalue weighted by molar-refractivity contribution is 5.84. The van der Waals surface area contributed by atoms with E-state index in [4.69, 9.17) is 4.74 Å². The second kappa shape index (κ2) is 4.77. The van der Waals surface area contributed by atoms with Gasteiger partial charge in [0.25, 0.3) is 0 Å². The van der Waals surface area contributed by atoms with Gasteiger partial charge in [0.15, 0.2) is 0 Å². The first-order valence-corrected chi connectivity index (χ1v) is 5.52. The lowest BCUT2D eigenvalue weighted by atomic mass is 9.98. The fourth-order valence-electron chi connectivity index (χ4n) is 1.47. The molecular weight excluding hydrogens is 222 g/mol. The Kier molecular flexibility index (Phi) is 3.80. The van der Waals surface area contributed by atoms with Crippen molar-refractivity contribution in [3.8, 4) is 0 Å². The largest absolute Gasteiger partial charge is 0.466 e. The summed E-state index contributed by atoms with van der Waals surface area (Å²) in [4.78, 5) is 24.3. The van der Waals surface area contributed by atoms with Crippen LogP contribution in [0.25, 0.3) is 0 Å². The molecule has 1 aliphatic rings. The van der Waals surface area contributed by atoms with E-state index >= 15 is 0 Å². The fraction of sp³-hybridized carbons (Fsp3) is 0.667. The van der Waals surface area contributed by atoms with Crippen LogP contribution in [0.5, 0.6) is 0 Å². The first kappa shape index (κ1) is 13.5. The number of rotatable bonds is 1. The van der Waals surface area contributed by atoms with Gasteiger partial charge in [-0.2, -0.15) is 0 Å². The average molecular weight is 241 g/mol. The summed E-state index contributed by atoms with van der Waals surface area (Å²) in [6.07, 6.45) is 1.07. The number of carbonyl (C=O) groups excluding carboxylic acids is 2. The standard InChI is InChI=1S/C12H19NO4/c1-8-9(6-10(14)16-5)7-13(8)11(15)17-12(2,3)4/h6,8H,7H2,1-5H3/b9-6-. The predicted molar refractivity (Wildman–Crippen MR) is 62.5 cm³/mol. The van der Waals surface area contributed by atoms with Gasteiger partial charge in [-0.05, 0) is 33.3 Å². The molecule has 0 radical (unpaired) electrons. The Morgan fingerprint density at radius 3 is 2.41 bits per heavy atom. The third-order valence-electron chi connectivity index (χ3n) is 2.49. The summed E-state index contributed by atoms with van der Waals surface area (Å²) in [5.41, 5.74) is 0.376. The SMILES string of the molecule is COC(=O)/C=C1/CN(C(=O)OC(C)(C)C)C1C. The second-order valence-electron chi connectivity index (χ2n) is 5.03. The third kappa shape index (κ3) is 3.47. The van der Waals surface area contributed by atoms with Gasteiger partial charge in [-0.3, -0.25) is 4.90 Å². The molecule has 0 aromatic carbocycles. The highest BCUT2D eigenvalue weighted by Gasteiger charge is 2.36. The van der Waals surface area contributed by atoms with Gasteiger partial charge in [0.2, 0.25) is 0 Å². The quantitative estimate of drug-likeness (QED) is 0.518. The smallest absolute Gasteiger partial charge is 0.411 e. The maximum Gasteiger partial charge on any atom is 0.411 e. The highest BCUT2D eigenvalue weighted by Crippen LogP contribution is 2.25.